The number of anilines is 1. The van der Waals surface area contributed by atoms with E-state index in [1.165, 1.54) is 0 Å². The minimum Gasteiger partial charge on any atom is -0.479 e. The number of carboxylic acids is 1. The number of rotatable bonds is 4. The van der Waals surface area contributed by atoms with Crippen LogP contribution in [0.4, 0.5) is 5.69 Å². The molecule has 4 heteroatoms. The van der Waals surface area contributed by atoms with Crippen LogP contribution in [0, 0.1) is 6.92 Å². The van der Waals surface area contributed by atoms with E-state index in [0.717, 1.165) is 16.8 Å². The Morgan fingerprint density at radius 1 is 1.16 bits per heavy atom. The normalized spacial score (nSPS) is 11.9. The molecule has 0 radical (unpaired) electrons. The Morgan fingerprint density at radius 2 is 1.79 bits per heavy atom. The molecule has 2 aromatic rings. The minimum absolute atomic E-state index is 0.619. The van der Waals surface area contributed by atoms with Gasteiger partial charge >= 0.3 is 5.97 Å². The molecule has 98 valence electrons. The maximum Gasteiger partial charge on any atom is 0.330 e. The van der Waals surface area contributed by atoms with Gasteiger partial charge in [0.15, 0.2) is 6.04 Å². The van der Waals surface area contributed by atoms with Crippen LogP contribution in [-0.2, 0) is 4.79 Å². The van der Waals surface area contributed by atoms with Crippen molar-refractivity contribution in [3.63, 3.8) is 0 Å². The first-order chi connectivity index (χ1) is 9.08. The van der Waals surface area contributed by atoms with Crippen molar-refractivity contribution in [3.05, 3.63) is 64.7 Å². The number of aryl methyl sites for hydroxylation is 1. The molecule has 0 bridgehead atoms. The van der Waals surface area contributed by atoms with Crippen LogP contribution in [0.25, 0.3) is 0 Å². The molecular formula is C15H14ClNO2. The zero-order valence-electron chi connectivity index (χ0n) is 10.4. The van der Waals surface area contributed by atoms with Gasteiger partial charge in [0.1, 0.15) is 0 Å². The fourth-order valence-corrected chi connectivity index (χ4v) is 2.02. The molecule has 0 aliphatic heterocycles. The van der Waals surface area contributed by atoms with E-state index in [-0.39, 0.29) is 0 Å². The highest BCUT2D eigenvalue weighted by Gasteiger charge is 2.20. The van der Waals surface area contributed by atoms with E-state index in [2.05, 4.69) is 5.32 Å². The van der Waals surface area contributed by atoms with Crippen LogP contribution in [0.2, 0.25) is 5.02 Å². The Labute approximate surface area is 116 Å². The zero-order chi connectivity index (χ0) is 13.8. The summed E-state index contributed by atoms with van der Waals surface area (Å²) >= 11 is 5.81. The van der Waals surface area contributed by atoms with Crippen molar-refractivity contribution in [2.24, 2.45) is 0 Å². The van der Waals surface area contributed by atoms with Gasteiger partial charge in [0.25, 0.3) is 0 Å². The molecule has 0 amide bonds. The van der Waals surface area contributed by atoms with Gasteiger partial charge in [-0.25, -0.2) is 4.79 Å². The van der Waals surface area contributed by atoms with Gasteiger partial charge in [-0.05, 0) is 42.3 Å². The summed E-state index contributed by atoms with van der Waals surface area (Å²) < 4.78 is 0. The number of halogens is 1. The summed E-state index contributed by atoms with van der Waals surface area (Å²) in [6.45, 7) is 1.90. The molecule has 0 aromatic heterocycles. The van der Waals surface area contributed by atoms with Crippen LogP contribution in [0.1, 0.15) is 17.2 Å². The summed E-state index contributed by atoms with van der Waals surface area (Å²) in [7, 11) is 0. The lowest BCUT2D eigenvalue weighted by atomic mass is 10.0. The van der Waals surface area contributed by atoms with Crippen LogP contribution in [0.5, 0.6) is 0 Å². The van der Waals surface area contributed by atoms with Gasteiger partial charge in [0.2, 0.25) is 0 Å². The molecule has 0 aliphatic carbocycles. The lowest BCUT2D eigenvalue weighted by Gasteiger charge is -2.18. The number of hydrogen-bond acceptors (Lipinski definition) is 2. The molecule has 2 N–H and O–H groups in total. The minimum atomic E-state index is -0.913. The molecule has 1 unspecified atom stereocenters. The third-order valence-corrected chi connectivity index (χ3v) is 3.15. The molecule has 0 aliphatic rings. The van der Waals surface area contributed by atoms with Crippen molar-refractivity contribution in [2.45, 2.75) is 13.0 Å². The second-order valence-corrected chi connectivity index (χ2v) is 4.72. The zero-order valence-corrected chi connectivity index (χ0v) is 11.2. The summed E-state index contributed by atoms with van der Waals surface area (Å²) in [4.78, 5) is 11.4. The molecule has 0 saturated heterocycles. The molecule has 0 heterocycles. The SMILES string of the molecule is Cc1ccccc1C(Nc1ccc(Cl)cc1)C(=O)O. The molecule has 19 heavy (non-hydrogen) atoms. The largest absolute Gasteiger partial charge is 0.479 e. The van der Waals surface area contributed by atoms with E-state index in [4.69, 9.17) is 11.6 Å². The van der Waals surface area contributed by atoms with Crippen molar-refractivity contribution >= 4 is 23.3 Å². The van der Waals surface area contributed by atoms with Crippen LogP contribution in [0.15, 0.2) is 48.5 Å². The molecule has 2 rings (SSSR count). The van der Waals surface area contributed by atoms with E-state index in [1.54, 1.807) is 24.3 Å². The maximum atomic E-state index is 11.4. The lowest BCUT2D eigenvalue weighted by Crippen LogP contribution is -2.21. The highest BCUT2D eigenvalue weighted by Crippen LogP contribution is 2.23. The maximum absolute atomic E-state index is 11.4. The molecule has 0 spiro atoms. The average Bonchev–Trinajstić information content (AvgIpc) is 2.39. The van der Waals surface area contributed by atoms with E-state index in [1.807, 2.05) is 31.2 Å². The Kier molecular flexibility index (Phi) is 4.07. The Morgan fingerprint density at radius 3 is 2.37 bits per heavy atom. The summed E-state index contributed by atoms with van der Waals surface area (Å²) in [5.74, 6) is -0.913. The first kappa shape index (κ1) is 13.4. The van der Waals surface area contributed by atoms with Crippen LogP contribution >= 0.6 is 11.6 Å². The van der Waals surface area contributed by atoms with E-state index in [0.29, 0.717) is 5.02 Å². The third-order valence-electron chi connectivity index (χ3n) is 2.90. The first-order valence-corrected chi connectivity index (χ1v) is 6.26. The van der Waals surface area contributed by atoms with E-state index < -0.39 is 12.0 Å². The molecular weight excluding hydrogens is 262 g/mol. The Bertz CT molecular complexity index is 581. The van der Waals surface area contributed by atoms with Crippen molar-refractivity contribution in [1.29, 1.82) is 0 Å². The van der Waals surface area contributed by atoms with Crippen molar-refractivity contribution in [3.8, 4) is 0 Å². The topological polar surface area (TPSA) is 49.3 Å². The molecule has 1 atom stereocenters. The fraction of sp³-hybridized carbons (Fsp3) is 0.133. The molecule has 2 aromatic carbocycles. The lowest BCUT2D eigenvalue weighted by molar-refractivity contribution is -0.138. The van der Waals surface area contributed by atoms with Gasteiger partial charge in [0.05, 0.1) is 0 Å². The van der Waals surface area contributed by atoms with Crippen LogP contribution < -0.4 is 5.32 Å². The highest BCUT2D eigenvalue weighted by molar-refractivity contribution is 6.30. The fourth-order valence-electron chi connectivity index (χ4n) is 1.90. The van der Waals surface area contributed by atoms with Gasteiger partial charge in [0, 0.05) is 10.7 Å². The van der Waals surface area contributed by atoms with Crippen molar-refractivity contribution in [2.75, 3.05) is 5.32 Å². The van der Waals surface area contributed by atoms with Gasteiger partial charge in [-0.3, -0.25) is 0 Å². The third kappa shape index (κ3) is 3.26. The van der Waals surface area contributed by atoms with Gasteiger partial charge in [-0.1, -0.05) is 35.9 Å². The smallest absolute Gasteiger partial charge is 0.330 e. The number of carboxylic acid groups (broad SMARTS) is 1. The number of carbonyl (C=O) groups is 1. The summed E-state index contributed by atoms with van der Waals surface area (Å²) in [6.07, 6.45) is 0. The highest BCUT2D eigenvalue weighted by atomic mass is 35.5. The molecule has 0 fully saturated rings. The number of benzene rings is 2. The predicted octanol–water partition coefficient (Wildman–Crippen LogP) is 3.89. The number of aliphatic carboxylic acids is 1. The first-order valence-electron chi connectivity index (χ1n) is 5.88. The van der Waals surface area contributed by atoms with Crippen molar-refractivity contribution < 1.29 is 9.90 Å². The van der Waals surface area contributed by atoms with Gasteiger partial charge < -0.3 is 10.4 Å². The standard InChI is InChI=1S/C15H14ClNO2/c1-10-4-2-3-5-13(10)14(15(18)19)17-12-8-6-11(16)7-9-12/h2-9,14,17H,1H3,(H,18,19). The number of hydrogen-bond donors (Lipinski definition) is 2. The summed E-state index contributed by atoms with van der Waals surface area (Å²) in [5.41, 5.74) is 2.42. The Hall–Kier alpha value is -2.00. The molecule has 0 saturated carbocycles. The quantitative estimate of drug-likeness (QED) is 0.890. The van der Waals surface area contributed by atoms with Crippen LogP contribution in [-0.4, -0.2) is 11.1 Å². The molecule has 3 nitrogen and oxygen atoms in total. The second-order valence-electron chi connectivity index (χ2n) is 4.28. The summed E-state index contributed by atoms with van der Waals surface area (Å²) in [5, 5.41) is 13.0. The predicted molar refractivity (Wildman–Crippen MR) is 76.6 cm³/mol. The van der Waals surface area contributed by atoms with Crippen LogP contribution in [0.3, 0.4) is 0 Å². The van der Waals surface area contributed by atoms with Gasteiger partial charge in [-0.2, -0.15) is 0 Å². The Balaban J connectivity index is 2.29. The second kappa shape index (κ2) is 5.76. The summed E-state index contributed by atoms with van der Waals surface area (Å²) in [6, 6.07) is 13.6. The van der Waals surface area contributed by atoms with Gasteiger partial charge in [-0.15, -0.1) is 0 Å². The van der Waals surface area contributed by atoms with E-state index >= 15 is 0 Å². The average molecular weight is 276 g/mol. The van der Waals surface area contributed by atoms with Crippen molar-refractivity contribution in [1.82, 2.24) is 0 Å². The monoisotopic (exact) mass is 275 g/mol. The van der Waals surface area contributed by atoms with E-state index in [9.17, 15) is 9.90 Å². The number of nitrogens with one attached hydrogen (secondary N) is 1.